The molecule has 1 N–H and O–H groups in total. The van der Waals surface area contributed by atoms with Crippen molar-refractivity contribution in [2.75, 3.05) is 0 Å². The number of aromatic amines is 1. The van der Waals surface area contributed by atoms with Gasteiger partial charge in [-0.2, -0.15) is 0 Å². The predicted molar refractivity (Wildman–Crippen MR) is 87.5 cm³/mol. The highest BCUT2D eigenvalue weighted by Gasteiger charge is 2.15. The van der Waals surface area contributed by atoms with E-state index < -0.39 is 9.85 Å². The molecule has 0 amide bonds. The fourth-order valence-electron chi connectivity index (χ4n) is 2.40. The Morgan fingerprint density at radius 1 is 0.833 bits per heavy atom. The number of nitro groups is 2. The molecule has 8 nitrogen and oxygen atoms in total. The van der Waals surface area contributed by atoms with Gasteiger partial charge in [-0.3, -0.25) is 20.2 Å². The van der Waals surface area contributed by atoms with Crippen molar-refractivity contribution in [1.82, 2.24) is 9.97 Å². The molecule has 1 aromatic heterocycles. The summed E-state index contributed by atoms with van der Waals surface area (Å²) in [5, 5.41) is 21.5. The van der Waals surface area contributed by atoms with E-state index in [0.717, 1.165) is 11.1 Å². The summed E-state index contributed by atoms with van der Waals surface area (Å²) in [6, 6.07) is 12.2. The van der Waals surface area contributed by atoms with Crippen LogP contribution >= 0.6 is 0 Å². The van der Waals surface area contributed by atoms with Crippen LogP contribution in [0, 0.1) is 27.2 Å². The SMILES string of the molecule is Cc1nc(-c2ccc([N+](=O)[O-])cc2)c(-c2ccc([N+](=O)[O-])cc2)[nH]1. The lowest BCUT2D eigenvalue weighted by Gasteiger charge is -2.03. The van der Waals surface area contributed by atoms with Crippen LogP contribution in [0.2, 0.25) is 0 Å². The number of nitrogens with one attached hydrogen (secondary N) is 1. The number of benzene rings is 2. The van der Waals surface area contributed by atoms with Crippen molar-refractivity contribution in [3.8, 4) is 22.5 Å². The summed E-state index contributed by atoms with van der Waals surface area (Å²) in [7, 11) is 0. The first-order valence-electron chi connectivity index (χ1n) is 7.02. The first kappa shape index (κ1) is 15.3. The molecule has 0 aliphatic heterocycles. The van der Waals surface area contributed by atoms with Gasteiger partial charge in [0.2, 0.25) is 0 Å². The van der Waals surface area contributed by atoms with Gasteiger partial charge in [0.15, 0.2) is 0 Å². The molecule has 0 spiro atoms. The molecule has 0 aliphatic rings. The van der Waals surface area contributed by atoms with E-state index in [0.29, 0.717) is 17.2 Å². The number of aryl methyl sites for hydroxylation is 1. The van der Waals surface area contributed by atoms with E-state index in [4.69, 9.17) is 0 Å². The summed E-state index contributed by atoms with van der Waals surface area (Å²) in [4.78, 5) is 28.2. The third kappa shape index (κ3) is 2.84. The van der Waals surface area contributed by atoms with Crippen molar-refractivity contribution >= 4 is 11.4 Å². The van der Waals surface area contributed by atoms with Crippen LogP contribution in [0.15, 0.2) is 48.5 Å². The quantitative estimate of drug-likeness (QED) is 0.577. The highest BCUT2D eigenvalue weighted by molar-refractivity contribution is 5.79. The molecular formula is C16H12N4O4. The molecule has 2 aromatic carbocycles. The maximum Gasteiger partial charge on any atom is 0.269 e. The molecule has 3 rings (SSSR count). The maximum atomic E-state index is 10.8. The monoisotopic (exact) mass is 324 g/mol. The molecule has 0 saturated heterocycles. The molecular weight excluding hydrogens is 312 g/mol. The van der Waals surface area contributed by atoms with Gasteiger partial charge in [-0.1, -0.05) is 0 Å². The number of hydrogen-bond acceptors (Lipinski definition) is 5. The minimum atomic E-state index is -0.461. The molecule has 0 atom stereocenters. The smallest absolute Gasteiger partial charge is 0.269 e. The lowest BCUT2D eigenvalue weighted by Crippen LogP contribution is -1.89. The summed E-state index contributed by atoms with van der Waals surface area (Å²) >= 11 is 0. The van der Waals surface area contributed by atoms with E-state index in [1.165, 1.54) is 24.3 Å². The fourth-order valence-corrected chi connectivity index (χ4v) is 2.40. The van der Waals surface area contributed by atoms with Gasteiger partial charge in [0, 0.05) is 35.4 Å². The standard InChI is InChI=1S/C16H12N4O4/c1-10-17-15(11-2-6-13(7-3-11)19(21)22)16(18-10)12-4-8-14(9-5-12)20(23)24/h2-9H,1H3,(H,17,18). The summed E-state index contributed by atoms with van der Waals surface area (Å²) in [5.41, 5.74) is 2.81. The van der Waals surface area contributed by atoms with Gasteiger partial charge in [-0.25, -0.2) is 4.98 Å². The lowest BCUT2D eigenvalue weighted by molar-refractivity contribution is -0.385. The van der Waals surface area contributed by atoms with E-state index in [-0.39, 0.29) is 11.4 Å². The van der Waals surface area contributed by atoms with E-state index in [1.54, 1.807) is 31.2 Å². The van der Waals surface area contributed by atoms with Crippen molar-refractivity contribution in [2.24, 2.45) is 0 Å². The fraction of sp³-hybridized carbons (Fsp3) is 0.0625. The molecule has 8 heteroatoms. The van der Waals surface area contributed by atoms with Gasteiger partial charge in [0.05, 0.1) is 21.2 Å². The van der Waals surface area contributed by atoms with Gasteiger partial charge in [0.25, 0.3) is 11.4 Å². The lowest BCUT2D eigenvalue weighted by atomic mass is 10.0. The number of non-ortho nitro benzene ring substituents is 2. The third-order valence-electron chi connectivity index (χ3n) is 3.54. The molecule has 0 radical (unpaired) electrons. The van der Waals surface area contributed by atoms with E-state index >= 15 is 0 Å². The zero-order valence-corrected chi connectivity index (χ0v) is 12.6. The molecule has 0 unspecified atom stereocenters. The minimum absolute atomic E-state index is 0.00268. The van der Waals surface area contributed by atoms with Crippen LogP contribution in [-0.4, -0.2) is 19.8 Å². The number of nitrogens with zero attached hydrogens (tertiary/aromatic N) is 3. The number of hydrogen-bond donors (Lipinski definition) is 1. The van der Waals surface area contributed by atoms with Gasteiger partial charge in [-0.15, -0.1) is 0 Å². The highest BCUT2D eigenvalue weighted by Crippen LogP contribution is 2.31. The molecule has 3 aromatic rings. The van der Waals surface area contributed by atoms with Gasteiger partial charge in [-0.05, 0) is 31.2 Å². The van der Waals surface area contributed by atoms with Gasteiger partial charge >= 0.3 is 0 Å². The number of rotatable bonds is 4. The first-order chi connectivity index (χ1) is 11.5. The number of nitro benzene ring substituents is 2. The van der Waals surface area contributed by atoms with Crippen molar-refractivity contribution in [3.05, 3.63) is 74.6 Å². The van der Waals surface area contributed by atoms with E-state index in [2.05, 4.69) is 9.97 Å². The highest BCUT2D eigenvalue weighted by atomic mass is 16.6. The molecule has 0 aliphatic carbocycles. The molecule has 0 bridgehead atoms. The molecule has 24 heavy (non-hydrogen) atoms. The Labute approximate surface area is 136 Å². The van der Waals surface area contributed by atoms with Crippen molar-refractivity contribution in [1.29, 1.82) is 0 Å². The van der Waals surface area contributed by atoms with Crippen LogP contribution in [0.3, 0.4) is 0 Å². The topological polar surface area (TPSA) is 115 Å². The third-order valence-corrected chi connectivity index (χ3v) is 3.54. The van der Waals surface area contributed by atoms with E-state index in [1.807, 2.05) is 0 Å². The largest absolute Gasteiger partial charge is 0.342 e. The Morgan fingerprint density at radius 2 is 1.29 bits per heavy atom. The Morgan fingerprint density at radius 3 is 1.75 bits per heavy atom. The second kappa shape index (κ2) is 5.92. The maximum absolute atomic E-state index is 10.8. The molecule has 1 heterocycles. The zero-order valence-electron chi connectivity index (χ0n) is 12.6. The van der Waals surface area contributed by atoms with Crippen molar-refractivity contribution < 1.29 is 9.85 Å². The second-order valence-electron chi connectivity index (χ2n) is 5.15. The Balaban J connectivity index is 2.04. The molecule has 0 saturated carbocycles. The second-order valence-corrected chi connectivity index (χ2v) is 5.15. The number of H-pyrrole nitrogens is 1. The number of imidazole rings is 1. The van der Waals surface area contributed by atoms with Crippen LogP contribution in [-0.2, 0) is 0 Å². The van der Waals surface area contributed by atoms with Crippen molar-refractivity contribution in [3.63, 3.8) is 0 Å². The van der Waals surface area contributed by atoms with Crippen LogP contribution in [0.25, 0.3) is 22.5 Å². The Kier molecular flexibility index (Phi) is 3.78. The summed E-state index contributed by atoms with van der Waals surface area (Å²) < 4.78 is 0. The molecule has 0 fully saturated rings. The average molecular weight is 324 g/mol. The van der Waals surface area contributed by atoms with Crippen LogP contribution in [0.1, 0.15) is 5.82 Å². The van der Waals surface area contributed by atoms with Crippen LogP contribution < -0.4 is 0 Å². The Bertz CT molecular complexity index is 839. The van der Waals surface area contributed by atoms with Gasteiger partial charge < -0.3 is 4.98 Å². The van der Waals surface area contributed by atoms with Crippen molar-refractivity contribution in [2.45, 2.75) is 6.92 Å². The van der Waals surface area contributed by atoms with Crippen LogP contribution in [0.5, 0.6) is 0 Å². The number of aromatic nitrogens is 2. The summed E-state index contributed by atoms with van der Waals surface area (Å²) in [6.45, 7) is 1.80. The Hall–Kier alpha value is -3.55. The summed E-state index contributed by atoms with van der Waals surface area (Å²) in [6.07, 6.45) is 0. The normalized spacial score (nSPS) is 10.5. The predicted octanol–water partition coefficient (Wildman–Crippen LogP) is 3.87. The van der Waals surface area contributed by atoms with E-state index in [9.17, 15) is 20.2 Å². The first-order valence-corrected chi connectivity index (χ1v) is 7.02. The zero-order chi connectivity index (χ0) is 17.3. The molecule has 120 valence electrons. The minimum Gasteiger partial charge on any atom is -0.342 e. The van der Waals surface area contributed by atoms with Gasteiger partial charge in [0.1, 0.15) is 5.82 Å². The summed E-state index contributed by atoms with van der Waals surface area (Å²) in [5.74, 6) is 0.678. The van der Waals surface area contributed by atoms with Crippen LogP contribution in [0.4, 0.5) is 11.4 Å². The average Bonchev–Trinajstić information content (AvgIpc) is 2.97.